The van der Waals surface area contributed by atoms with Gasteiger partial charge in [-0.2, -0.15) is 0 Å². The van der Waals surface area contributed by atoms with Crippen LogP contribution in [0.5, 0.6) is 0 Å². The fourth-order valence-corrected chi connectivity index (χ4v) is 1.70. The van der Waals surface area contributed by atoms with E-state index in [1.54, 1.807) is 0 Å². The van der Waals surface area contributed by atoms with Crippen LogP contribution in [0.4, 0.5) is 0 Å². The van der Waals surface area contributed by atoms with Crippen LogP contribution in [0.3, 0.4) is 0 Å². The average molecular weight is 242 g/mol. The second-order valence-corrected chi connectivity index (χ2v) is 4.52. The fourth-order valence-electron chi connectivity index (χ4n) is 1.70. The van der Waals surface area contributed by atoms with Crippen molar-refractivity contribution in [3.8, 4) is 0 Å². The van der Waals surface area contributed by atoms with Crippen LogP contribution in [0, 0.1) is 0 Å². The lowest BCUT2D eigenvalue weighted by Gasteiger charge is -2.02. The smallest absolute Gasteiger partial charge is 0.305 e. The molecule has 1 unspecified atom stereocenters. The summed E-state index contributed by atoms with van der Waals surface area (Å²) in [6.45, 7) is 2.21. The highest BCUT2D eigenvalue weighted by molar-refractivity contribution is 5.67. The molecule has 0 aromatic heterocycles. The largest absolute Gasteiger partial charge is 0.481 e. The van der Waals surface area contributed by atoms with Crippen LogP contribution < -0.4 is 0 Å². The molecule has 0 radical (unpaired) electrons. The van der Waals surface area contributed by atoms with Crippen molar-refractivity contribution in [2.75, 3.05) is 0 Å². The zero-order chi connectivity index (χ0) is 12.9. The summed E-state index contributed by atoms with van der Waals surface area (Å²) in [6, 6.07) is 0. The van der Waals surface area contributed by atoms with Crippen molar-refractivity contribution in [3.63, 3.8) is 0 Å². The minimum absolute atomic E-state index is 0.165. The van der Waals surface area contributed by atoms with Gasteiger partial charge in [-0.15, -0.1) is 0 Å². The molecule has 0 aliphatic carbocycles. The Kier molecular flexibility index (Phi) is 11.1. The van der Waals surface area contributed by atoms with Crippen molar-refractivity contribution in [2.45, 2.75) is 70.8 Å². The van der Waals surface area contributed by atoms with Gasteiger partial charge in [-0.1, -0.05) is 51.2 Å². The zero-order valence-corrected chi connectivity index (χ0v) is 10.9. The Morgan fingerprint density at radius 3 is 2.41 bits per heavy atom. The minimum atomic E-state index is -0.943. The number of aliphatic hydroxyl groups is 1. The molecule has 0 aromatic rings. The highest BCUT2D eigenvalue weighted by atomic mass is 16.4. The number of aliphatic carboxylic acids is 1. The van der Waals surface area contributed by atoms with Crippen molar-refractivity contribution >= 4 is 5.97 Å². The van der Waals surface area contributed by atoms with Gasteiger partial charge in [-0.25, -0.2) is 0 Å². The number of allylic oxidation sites excluding steroid dienone is 1. The van der Waals surface area contributed by atoms with E-state index >= 15 is 0 Å². The molecule has 0 heterocycles. The molecule has 0 aromatic carbocycles. The molecule has 0 aliphatic rings. The Morgan fingerprint density at radius 2 is 1.76 bits per heavy atom. The number of carboxylic acid groups (broad SMARTS) is 1. The predicted molar refractivity (Wildman–Crippen MR) is 70.0 cm³/mol. The van der Waals surface area contributed by atoms with Crippen LogP contribution in [0.2, 0.25) is 0 Å². The van der Waals surface area contributed by atoms with Crippen LogP contribution in [-0.4, -0.2) is 22.3 Å². The SMILES string of the molecule is CCCCCCCCC=CCC(O)CC(=O)O. The third-order valence-electron chi connectivity index (χ3n) is 2.71. The molecule has 0 saturated heterocycles. The van der Waals surface area contributed by atoms with E-state index in [0.717, 1.165) is 6.42 Å². The molecule has 0 spiro atoms. The monoisotopic (exact) mass is 242 g/mol. The van der Waals surface area contributed by atoms with Crippen molar-refractivity contribution in [2.24, 2.45) is 0 Å². The lowest BCUT2D eigenvalue weighted by Crippen LogP contribution is -2.11. The first-order valence-corrected chi connectivity index (χ1v) is 6.71. The van der Waals surface area contributed by atoms with Crippen LogP contribution in [0.25, 0.3) is 0 Å². The normalized spacial score (nSPS) is 13.1. The van der Waals surface area contributed by atoms with Crippen LogP contribution >= 0.6 is 0 Å². The number of rotatable bonds is 11. The summed E-state index contributed by atoms with van der Waals surface area (Å²) in [4.78, 5) is 10.3. The first kappa shape index (κ1) is 16.2. The molecular weight excluding hydrogens is 216 g/mol. The topological polar surface area (TPSA) is 57.5 Å². The molecule has 100 valence electrons. The van der Waals surface area contributed by atoms with Gasteiger partial charge in [0, 0.05) is 0 Å². The fraction of sp³-hybridized carbons (Fsp3) is 0.786. The van der Waals surface area contributed by atoms with Crippen molar-refractivity contribution < 1.29 is 15.0 Å². The molecule has 2 N–H and O–H groups in total. The third-order valence-corrected chi connectivity index (χ3v) is 2.71. The van der Waals surface area contributed by atoms with Gasteiger partial charge in [0.1, 0.15) is 0 Å². The summed E-state index contributed by atoms with van der Waals surface area (Å²) in [6.07, 6.45) is 12.2. The average Bonchev–Trinajstić information content (AvgIpc) is 2.26. The van der Waals surface area contributed by atoms with Gasteiger partial charge in [-0.3, -0.25) is 4.79 Å². The maximum Gasteiger partial charge on any atom is 0.305 e. The first-order chi connectivity index (χ1) is 8.16. The standard InChI is InChI=1S/C14H26O3/c1-2-3-4-5-6-7-8-9-10-11-13(15)12-14(16)17/h9-10,13,15H,2-8,11-12H2,1H3,(H,16,17). The number of aliphatic hydroxyl groups excluding tert-OH is 1. The molecule has 0 fully saturated rings. The van der Waals surface area contributed by atoms with Gasteiger partial charge in [-0.05, 0) is 19.3 Å². The molecule has 0 rings (SSSR count). The van der Waals surface area contributed by atoms with Crippen LogP contribution in [0.15, 0.2) is 12.2 Å². The summed E-state index contributed by atoms with van der Waals surface area (Å²) in [5.74, 6) is -0.943. The van der Waals surface area contributed by atoms with Gasteiger partial charge in [0.2, 0.25) is 0 Å². The second-order valence-electron chi connectivity index (χ2n) is 4.52. The Hall–Kier alpha value is -0.830. The molecule has 17 heavy (non-hydrogen) atoms. The van der Waals surface area contributed by atoms with E-state index in [2.05, 4.69) is 6.92 Å². The lowest BCUT2D eigenvalue weighted by molar-refractivity contribution is -0.139. The maximum atomic E-state index is 10.3. The Balaban J connectivity index is 3.27. The van der Waals surface area contributed by atoms with Gasteiger partial charge >= 0.3 is 5.97 Å². The number of hydrogen-bond donors (Lipinski definition) is 2. The summed E-state index contributed by atoms with van der Waals surface area (Å²) in [7, 11) is 0. The number of unbranched alkanes of at least 4 members (excludes halogenated alkanes) is 6. The Bertz CT molecular complexity index is 212. The third kappa shape index (κ3) is 13.1. The van der Waals surface area contributed by atoms with Crippen molar-refractivity contribution in [1.29, 1.82) is 0 Å². The zero-order valence-electron chi connectivity index (χ0n) is 10.9. The molecule has 3 heteroatoms. The molecular formula is C14H26O3. The van der Waals surface area contributed by atoms with E-state index in [0.29, 0.717) is 6.42 Å². The molecule has 3 nitrogen and oxygen atoms in total. The van der Waals surface area contributed by atoms with E-state index in [1.807, 2.05) is 12.2 Å². The molecule has 0 aliphatic heterocycles. The van der Waals surface area contributed by atoms with Gasteiger partial charge in [0.05, 0.1) is 12.5 Å². The number of carboxylic acids is 1. The summed E-state index contributed by atoms with van der Waals surface area (Å²) in [5.41, 5.74) is 0. The van der Waals surface area contributed by atoms with Crippen molar-refractivity contribution in [1.82, 2.24) is 0 Å². The van der Waals surface area contributed by atoms with Gasteiger partial charge < -0.3 is 10.2 Å². The Morgan fingerprint density at radius 1 is 1.12 bits per heavy atom. The highest BCUT2D eigenvalue weighted by Gasteiger charge is 2.06. The molecule has 0 saturated carbocycles. The van der Waals surface area contributed by atoms with E-state index in [-0.39, 0.29) is 6.42 Å². The second kappa shape index (κ2) is 11.6. The lowest BCUT2D eigenvalue weighted by atomic mass is 10.1. The minimum Gasteiger partial charge on any atom is -0.481 e. The number of carbonyl (C=O) groups is 1. The van der Waals surface area contributed by atoms with Gasteiger partial charge in [0.15, 0.2) is 0 Å². The molecule has 1 atom stereocenters. The number of hydrogen-bond acceptors (Lipinski definition) is 2. The first-order valence-electron chi connectivity index (χ1n) is 6.71. The highest BCUT2D eigenvalue weighted by Crippen LogP contribution is 2.07. The van der Waals surface area contributed by atoms with Crippen molar-refractivity contribution in [3.05, 3.63) is 12.2 Å². The van der Waals surface area contributed by atoms with E-state index in [1.165, 1.54) is 38.5 Å². The molecule has 0 bridgehead atoms. The summed E-state index contributed by atoms with van der Waals surface area (Å²) < 4.78 is 0. The van der Waals surface area contributed by atoms with Crippen LogP contribution in [0.1, 0.15) is 64.7 Å². The van der Waals surface area contributed by atoms with E-state index in [9.17, 15) is 9.90 Å². The van der Waals surface area contributed by atoms with E-state index in [4.69, 9.17) is 5.11 Å². The summed E-state index contributed by atoms with van der Waals surface area (Å²) in [5, 5.41) is 17.7. The maximum absolute atomic E-state index is 10.3. The summed E-state index contributed by atoms with van der Waals surface area (Å²) >= 11 is 0. The Labute approximate surface area is 105 Å². The van der Waals surface area contributed by atoms with E-state index < -0.39 is 12.1 Å². The molecule has 0 amide bonds. The van der Waals surface area contributed by atoms with Gasteiger partial charge in [0.25, 0.3) is 0 Å². The predicted octanol–water partition coefficient (Wildman–Crippen LogP) is 3.52. The quantitative estimate of drug-likeness (QED) is 0.430. The van der Waals surface area contributed by atoms with Crippen LogP contribution in [-0.2, 0) is 4.79 Å².